The van der Waals surface area contributed by atoms with E-state index in [4.69, 9.17) is 4.42 Å². The molecular weight excluding hydrogens is 224 g/mol. The molecule has 0 saturated carbocycles. The van der Waals surface area contributed by atoms with Gasteiger partial charge in [-0.1, -0.05) is 13.8 Å². The number of hydrogen-bond acceptors (Lipinski definition) is 3. The number of nitrogens with zero attached hydrogens (tertiary/aromatic N) is 1. The zero-order valence-corrected chi connectivity index (χ0v) is 12.0. The van der Waals surface area contributed by atoms with Crippen molar-refractivity contribution >= 4 is 0 Å². The third-order valence-corrected chi connectivity index (χ3v) is 4.10. The van der Waals surface area contributed by atoms with Gasteiger partial charge in [-0.25, -0.2) is 0 Å². The van der Waals surface area contributed by atoms with E-state index in [0.29, 0.717) is 24.0 Å². The molecule has 0 amide bonds. The second-order valence-electron chi connectivity index (χ2n) is 5.94. The van der Waals surface area contributed by atoms with Gasteiger partial charge in [0.1, 0.15) is 5.76 Å². The van der Waals surface area contributed by atoms with Crippen molar-refractivity contribution < 1.29 is 4.42 Å². The highest BCUT2D eigenvalue weighted by molar-refractivity contribution is 5.01. The third-order valence-electron chi connectivity index (χ3n) is 4.10. The van der Waals surface area contributed by atoms with Crippen LogP contribution in [0.5, 0.6) is 0 Å². The molecule has 3 nitrogen and oxygen atoms in total. The third kappa shape index (κ3) is 3.15. The van der Waals surface area contributed by atoms with E-state index in [1.807, 2.05) is 6.07 Å². The fourth-order valence-electron chi connectivity index (χ4n) is 2.81. The molecule has 18 heavy (non-hydrogen) atoms. The highest BCUT2D eigenvalue weighted by Crippen LogP contribution is 2.18. The Morgan fingerprint density at radius 2 is 2.22 bits per heavy atom. The van der Waals surface area contributed by atoms with E-state index in [0.717, 1.165) is 25.3 Å². The van der Waals surface area contributed by atoms with Crippen LogP contribution in [0.15, 0.2) is 22.8 Å². The van der Waals surface area contributed by atoms with Crippen molar-refractivity contribution in [1.82, 2.24) is 10.2 Å². The predicted octanol–water partition coefficient (Wildman–Crippen LogP) is 2.53. The molecule has 0 aliphatic carbocycles. The summed E-state index contributed by atoms with van der Waals surface area (Å²) in [6.45, 7) is 11.4. The van der Waals surface area contributed by atoms with Crippen molar-refractivity contribution in [3.8, 4) is 0 Å². The Balaban J connectivity index is 1.96. The molecule has 0 bridgehead atoms. The molecule has 3 heteroatoms. The van der Waals surface area contributed by atoms with Gasteiger partial charge in [0.25, 0.3) is 0 Å². The first-order valence-corrected chi connectivity index (χ1v) is 7.09. The lowest BCUT2D eigenvalue weighted by atomic mass is 9.97. The van der Waals surface area contributed by atoms with Gasteiger partial charge in [0.2, 0.25) is 0 Å². The number of nitrogens with one attached hydrogen (secondary N) is 1. The Morgan fingerprint density at radius 1 is 1.44 bits per heavy atom. The van der Waals surface area contributed by atoms with Crippen LogP contribution in [0.3, 0.4) is 0 Å². The van der Waals surface area contributed by atoms with Gasteiger partial charge in [-0.05, 0) is 31.9 Å². The number of rotatable bonds is 4. The first-order valence-electron chi connectivity index (χ1n) is 7.09. The summed E-state index contributed by atoms with van der Waals surface area (Å²) in [7, 11) is 0. The van der Waals surface area contributed by atoms with Crippen LogP contribution in [0.25, 0.3) is 0 Å². The zero-order valence-electron chi connectivity index (χ0n) is 12.0. The highest BCUT2D eigenvalue weighted by Gasteiger charge is 2.29. The van der Waals surface area contributed by atoms with Crippen molar-refractivity contribution in [2.45, 2.75) is 52.2 Å². The molecule has 1 aromatic rings. The summed E-state index contributed by atoms with van der Waals surface area (Å²) >= 11 is 0. The van der Waals surface area contributed by atoms with Gasteiger partial charge >= 0.3 is 0 Å². The SMILES string of the molecule is CC(C)C1CN(C(C)Cc2ccco2)C(C)CN1. The van der Waals surface area contributed by atoms with E-state index < -0.39 is 0 Å². The molecule has 3 atom stereocenters. The zero-order chi connectivity index (χ0) is 13.1. The molecule has 1 N–H and O–H groups in total. The van der Waals surface area contributed by atoms with Crippen molar-refractivity contribution in [2.24, 2.45) is 5.92 Å². The lowest BCUT2D eigenvalue weighted by Crippen LogP contribution is -2.59. The summed E-state index contributed by atoms with van der Waals surface area (Å²) in [5.74, 6) is 1.78. The van der Waals surface area contributed by atoms with E-state index in [9.17, 15) is 0 Å². The minimum Gasteiger partial charge on any atom is -0.469 e. The molecule has 2 rings (SSSR count). The Hall–Kier alpha value is -0.800. The van der Waals surface area contributed by atoms with Crippen molar-refractivity contribution in [3.63, 3.8) is 0 Å². The number of furan rings is 1. The Bertz CT molecular complexity index is 347. The fourth-order valence-corrected chi connectivity index (χ4v) is 2.81. The summed E-state index contributed by atoms with van der Waals surface area (Å²) in [5, 5.41) is 3.65. The molecule has 1 saturated heterocycles. The molecule has 0 spiro atoms. The van der Waals surface area contributed by atoms with Gasteiger partial charge in [0.15, 0.2) is 0 Å². The average molecular weight is 250 g/mol. The second kappa shape index (κ2) is 5.89. The molecule has 1 aliphatic rings. The molecule has 0 aromatic carbocycles. The van der Waals surface area contributed by atoms with Crippen LogP contribution in [0.2, 0.25) is 0 Å². The van der Waals surface area contributed by atoms with Crippen LogP contribution in [0, 0.1) is 5.92 Å². The van der Waals surface area contributed by atoms with Crippen molar-refractivity contribution in [3.05, 3.63) is 24.2 Å². The number of piperazine rings is 1. The lowest BCUT2D eigenvalue weighted by Gasteiger charge is -2.43. The van der Waals surface area contributed by atoms with Crippen LogP contribution in [0.1, 0.15) is 33.5 Å². The predicted molar refractivity (Wildman–Crippen MR) is 74.7 cm³/mol. The van der Waals surface area contributed by atoms with E-state index in [2.05, 4.69) is 44.0 Å². The first kappa shape index (κ1) is 13.6. The summed E-state index contributed by atoms with van der Waals surface area (Å²) in [6, 6.07) is 5.79. The van der Waals surface area contributed by atoms with Gasteiger partial charge < -0.3 is 9.73 Å². The van der Waals surface area contributed by atoms with Crippen molar-refractivity contribution in [1.29, 1.82) is 0 Å². The molecule has 1 aromatic heterocycles. The minimum atomic E-state index is 0.537. The molecule has 1 fully saturated rings. The minimum absolute atomic E-state index is 0.537. The summed E-state index contributed by atoms with van der Waals surface area (Å²) in [6.07, 6.45) is 2.77. The summed E-state index contributed by atoms with van der Waals surface area (Å²) in [5.41, 5.74) is 0. The Kier molecular flexibility index (Phi) is 4.46. The van der Waals surface area contributed by atoms with Crippen LogP contribution in [0.4, 0.5) is 0 Å². The maximum absolute atomic E-state index is 5.46. The standard InChI is InChI=1S/C15H26N2O/c1-11(2)15-10-17(13(4)9-16-15)12(3)8-14-6-5-7-18-14/h5-7,11-13,15-16H,8-10H2,1-4H3. The van der Waals surface area contributed by atoms with Crippen molar-refractivity contribution in [2.75, 3.05) is 13.1 Å². The van der Waals surface area contributed by atoms with E-state index in [1.54, 1.807) is 6.26 Å². The van der Waals surface area contributed by atoms with Gasteiger partial charge in [0.05, 0.1) is 6.26 Å². The molecule has 2 heterocycles. The molecule has 102 valence electrons. The molecule has 1 aliphatic heterocycles. The van der Waals surface area contributed by atoms with E-state index in [1.165, 1.54) is 0 Å². The maximum Gasteiger partial charge on any atom is 0.105 e. The van der Waals surface area contributed by atoms with Gasteiger partial charge in [0, 0.05) is 37.6 Å². The van der Waals surface area contributed by atoms with E-state index >= 15 is 0 Å². The van der Waals surface area contributed by atoms with Gasteiger partial charge in [-0.2, -0.15) is 0 Å². The average Bonchev–Trinajstić information content (AvgIpc) is 2.81. The van der Waals surface area contributed by atoms with E-state index in [-0.39, 0.29) is 0 Å². The largest absolute Gasteiger partial charge is 0.469 e. The monoisotopic (exact) mass is 250 g/mol. The Morgan fingerprint density at radius 3 is 2.83 bits per heavy atom. The Labute approximate surface area is 111 Å². The van der Waals surface area contributed by atoms with Gasteiger partial charge in [-0.3, -0.25) is 4.90 Å². The topological polar surface area (TPSA) is 28.4 Å². The van der Waals surface area contributed by atoms with Crippen LogP contribution in [-0.4, -0.2) is 36.1 Å². The second-order valence-corrected chi connectivity index (χ2v) is 5.94. The first-order chi connectivity index (χ1) is 8.58. The summed E-state index contributed by atoms with van der Waals surface area (Å²) < 4.78 is 5.46. The molecule has 0 radical (unpaired) electrons. The van der Waals surface area contributed by atoms with Crippen LogP contribution >= 0.6 is 0 Å². The normalized spacial score (nSPS) is 27.6. The van der Waals surface area contributed by atoms with Crippen LogP contribution < -0.4 is 5.32 Å². The lowest BCUT2D eigenvalue weighted by molar-refractivity contribution is 0.0830. The molecular formula is C15H26N2O. The summed E-state index contributed by atoms with van der Waals surface area (Å²) in [4.78, 5) is 2.61. The number of hydrogen-bond donors (Lipinski definition) is 1. The quantitative estimate of drug-likeness (QED) is 0.890. The van der Waals surface area contributed by atoms with Crippen LogP contribution in [-0.2, 0) is 6.42 Å². The highest BCUT2D eigenvalue weighted by atomic mass is 16.3. The smallest absolute Gasteiger partial charge is 0.105 e. The van der Waals surface area contributed by atoms with Gasteiger partial charge in [-0.15, -0.1) is 0 Å². The molecule has 3 unspecified atom stereocenters. The maximum atomic E-state index is 5.46. The fraction of sp³-hybridized carbons (Fsp3) is 0.733.